The van der Waals surface area contributed by atoms with Gasteiger partial charge in [0.2, 0.25) is 0 Å². The quantitative estimate of drug-likeness (QED) is 0.263. The molecule has 0 amide bonds. The number of aromatic nitrogens is 4. The number of esters is 1. The minimum Gasteiger partial charge on any atom is -0.462 e. The molecule has 3 atom stereocenters. The van der Waals surface area contributed by atoms with Gasteiger partial charge in [0.1, 0.15) is 17.9 Å². The number of nitrogens with one attached hydrogen (secondary N) is 1. The lowest BCUT2D eigenvalue weighted by atomic mass is 10.2. The second kappa shape index (κ2) is 12.2. The molecule has 1 unspecified atom stereocenters. The average Bonchev–Trinajstić information content (AvgIpc) is 3.22. The summed E-state index contributed by atoms with van der Waals surface area (Å²) in [6.45, 7) is 7.76. The number of hydrogen-bond donors (Lipinski definition) is 2. The molecule has 0 radical (unpaired) electrons. The van der Waals surface area contributed by atoms with E-state index in [1.165, 1.54) is 6.33 Å². The van der Waals surface area contributed by atoms with E-state index in [1.807, 2.05) is 41.8 Å². The maximum atomic E-state index is 13.6. The van der Waals surface area contributed by atoms with Gasteiger partial charge in [0.05, 0.1) is 44.5 Å². The summed E-state index contributed by atoms with van der Waals surface area (Å²) < 4.78 is 32.4. The van der Waals surface area contributed by atoms with Crippen LogP contribution in [0.5, 0.6) is 0 Å². The number of imidazole rings is 1. The molecular weight excluding hydrogens is 471 g/mol. The molecule has 3 rings (SSSR count). The van der Waals surface area contributed by atoms with Gasteiger partial charge < -0.3 is 24.3 Å². The van der Waals surface area contributed by atoms with Crippen molar-refractivity contribution in [1.29, 1.82) is 0 Å². The Morgan fingerprint density at radius 3 is 2.60 bits per heavy atom. The lowest BCUT2D eigenvalue weighted by Gasteiger charge is -2.24. The molecule has 0 saturated heterocycles. The third-order valence-corrected chi connectivity index (χ3v) is 7.15. The summed E-state index contributed by atoms with van der Waals surface area (Å²) in [4.78, 5) is 24.7. The highest BCUT2D eigenvalue weighted by molar-refractivity contribution is 7.56. The van der Waals surface area contributed by atoms with Crippen LogP contribution in [0.4, 0.5) is 5.82 Å². The molecule has 0 fully saturated rings. The molecule has 3 N–H and O–H groups in total. The predicted molar refractivity (Wildman–Crippen MR) is 133 cm³/mol. The predicted octanol–water partition coefficient (Wildman–Crippen LogP) is 3.15. The third kappa shape index (κ3) is 7.83. The lowest BCUT2D eigenvalue weighted by Crippen LogP contribution is -2.36. The Morgan fingerprint density at radius 1 is 1.14 bits per heavy atom. The van der Waals surface area contributed by atoms with Crippen molar-refractivity contribution in [1.82, 2.24) is 24.6 Å². The summed E-state index contributed by atoms with van der Waals surface area (Å²) in [7, 11) is -3.44. The molecular formula is C23H33N6O5P. The first-order chi connectivity index (χ1) is 16.7. The Bertz CT molecular complexity index is 1160. The monoisotopic (exact) mass is 504 g/mol. The van der Waals surface area contributed by atoms with Gasteiger partial charge in [0, 0.05) is 0 Å². The minimum absolute atomic E-state index is 0.0727. The highest BCUT2D eigenvalue weighted by Crippen LogP contribution is 2.43. The van der Waals surface area contributed by atoms with Gasteiger partial charge >= 0.3 is 5.97 Å². The van der Waals surface area contributed by atoms with Crippen LogP contribution in [0.25, 0.3) is 11.2 Å². The van der Waals surface area contributed by atoms with E-state index in [4.69, 9.17) is 19.7 Å². The Morgan fingerprint density at radius 2 is 1.89 bits per heavy atom. The standard InChI is InChI=1S/C23H33N6O5P/c1-16(2)34-23(30)18(4)28-35(31,33-13-19-8-6-5-7-9-19)11-10-32-17(3)12-29-15-27-20-21(24)25-14-26-22(20)29/h5-9,14-18H,10-13H2,1-4H3,(H,28,31)(H2,24,25,26)/t17-,18+,35?/m1/s1. The van der Waals surface area contributed by atoms with Crippen LogP contribution in [0.1, 0.15) is 33.3 Å². The molecule has 0 bridgehead atoms. The van der Waals surface area contributed by atoms with E-state index in [2.05, 4.69) is 20.0 Å². The van der Waals surface area contributed by atoms with Crippen LogP contribution in [0.3, 0.4) is 0 Å². The number of anilines is 1. The molecule has 2 heterocycles. The highest BCUT2D eigenvalue weighted by Gasteiger charge is 2.29. The second-order valence-electron chi connectivity index (χ2n) is 8.50. The van der Waals surface area contributed by atoms with Crippen LogP contribution in [0.2, 0.25) is 0 Å². The van der Waals surface area contributed by atoms with Crippen molar-refractivity contribution < 1.29 is 23.4 Å². The van der Waals surface area contributed by atoms with Crippen LogP contribution in [-0.2, 0) is 36.5 Å². The topological polar surface area (TPSA) is 143 Å². The van der Waals surface area contributed by atoms with Gasteiger partial charge in [0.25, 0.3) is 7.52 Å². The van der Waals surface area contributed by atoms with Crippen LogP contribution in [0, 0.1) is 0 Å². The summed E-state index contributed by atoms with van der Waals surface area (Å²) in [5, 5.41) is 2.85. The number of benzene rings is 1. The average molecular weight is 505 g/mol. The fourth-order valence-electron chi connectivity index (χ4n) is 3.34. The summed E-state index contributed by atoms with van der Waals surface area (Å²) in [6.07, 6.45) is 2.57. The third-order valence-electron chi connectivity index (χ3n) is 5.05. The van der Waals surface area contributed by atoms with Crippen molar-refractivity contribution in [3.05, 3.63) is 48.5 Å². The number of nitrogens with zero attached hydrogens (tertiary/aromatic N) is 4. The SMILES string of the molecule is CC(C)OC(=O)[C@H](C)NP(=O)(CCO[C@H](C)Cn1cnc2c(N)ncnc21)OCc1ccccc1. The first-order valence-electron chi connectivity index (χ1n) is 11.5. The first-order valence-corrected chi connectivity index (χ1v) is 13.3. The lowest BCUT2D eigenvalue weighted by molar-refractivity contribution is -0.149. The van der Waals surface area contributed by atoms with E-state index in [1.54, 1.807) is 27.1 Å². The van der Waals surface area contributed by atoms with Crippen molar-refractivity contribution in [2.45, 2.75) is 59.1 Å². The smallest absolute Gasteiger partial charge is 0.323 e. The Labute approximate surface area is 204 Å². The molecule has 35 heavy (non-hydrogen) atoms. The molecule has 11 nitrogen and oxygen atoms in total. The van der Waals surface area contributed by atoms with Crippen molar-refractivity contribution in [2.75, 3.05) is 18.5 Å². The van der Waals surface area contributed by atoms with Gasteiger partial charge in [-0.05, 0) is 33.3 Å². The number of rotatable bonds is 13. The van der Waals surface area contributed by atoms with Crippen LogP contribution < -0.4 is 10.8 Å². The molecule has 0 spiro atoms. The van der Waals surface area contributed by atoms with E-state index in [-0.39, 0.29) is 31.6 Å². The van der Waals surface area contributed by atoms with E-state index >= 15 is 0 Å². The van der Waals surface area contributed by atoms with Crippen molar-refractivity contribution in [2.24, 2.45) is 0 Å². The summed E-state index contributed by atoms with van der Waals surface area (Å²) >= 11 is 0. The molecule has 0 saturated carbocycles. The number of carbonyl (C=O) groups excluding carboxylic acids is 1. The zero-order valence-corrected chi connectivity index (χ0v) is 21.4. The maximum absolute atomic E-state index is 13.6. The van der Waals surface area contributed by atoms with Gasteiger partial charge in [0.15, 0.2) is 11.5 Å². The molecule has 12 heteroatoms. The summed E-state index contributed by atoms with van der Waals surface area (Å²) in [5.41, 5.74) is 7.86. The van der Waals surface area contributed by atoms with E-state index in [9.17, 15) is 9.36 Å². The van der Waals surface area contributed by atoms with Crippen LogP contribution in [-0.4, -0.2) is 56.5 Å². The number of ether oxygens (including phenoxy) is 2. The fraction of sp³-hybridized carbons (Fsp3) is 0.478. The van der Waals surface area contributed by atoms with Crippen LogP contribution >= 0.6 is 7.52 Å². The number of nitrogen functional groups attached to an aromatic ring is 1. The van der Waals surface area contributed by atoms with Gasteiger partial charge in [-0.3, -0.25) is 9.36 Å². The molecule has 2 aromatic heterocycles. The van der Waals surface area contributed by atoms with Crippen LogP contribution in [0.15, 0.2) is 43.0 Å². The zero-order valence-electron chi connectivity index (χ0n) is 20.5. The van der Waals surface area contributed by atoms with Gasteiger partial charge in [-0.2, -0.15) is 0 Å². The Kier molecular flexibility index (Phi) is 9.33. The van der Waals surface area contributed by atoms with E-state index in [0.717, 1.165) is 5.56 Å². The molecule has 0 aliphatic heterocycles. The molecule has 3 aromatic rings. The molecule has 1 aromatic carbocycles. The van der Waals surface area contributed by atoms with Crippen molar-refractivity contribution >= 4 is 30.5 Å². The number of carbonyl (C=O) groups is 1. The fourth-order valence-corrected chi connectivity index (χ4v) is 5.07. The highest BCUT2D eigenvalue weighted by atomic mass is 31.2. The molecule has 190 valence electrons. The van der Waals surface area contributed by atoms with Crippen molar-refractivity contribution in [3.63, 3.8) is 0 Å². The Balaban J connectivity index is 1.60. The van der Waals surface area contributed by atoms with Gasteiger partial charge in [-0.1, -0.05) is 30.3 Å². The number of nitrogens with two attached hydrogens (primary N) is 1. The summed E-state index contributed by atoms with van der Waals surface area (Å²) in [5.74, 6) is -0.180. The van der Waals surface area contributed by atoms with Gasteiger partial charge in [-0.25, -0.2) is 20.0 Å². The number of fused-ring (bicyclic) bond motifs is 1. The Hall–Kier alpha value is -2.85. The van der Waals surface area contributed by atoms with Gasteiger partial charge in [-0.15, -0.1) is 0 Å². The van der Waals surface area contributed by atoms with E-state index in [0.29, 0.717) is 23.5 Å². The van der Waals surface area contributed by atoms with E-state index < -0.39 is 19.5 Å². The largest absolute Gasteiger partial charge is 0.462 e. The number of hydrogen-bond acceptors (Lipinski definition) is 9. The summed E-state index contributed by atoms with van der Waals surface area (Å²) in [6, 6.07) is 8.60. The first kappa shape index (κ1) is 26.7. The van der Waals surface area contributed by atoms with Crippen molar-refractivity contribution in [3.8, 4) is 0 Å². The zero-order chi connectivity index (χ0) is 25.4. The molecule has 0 aliphatic carbocycles. The second-order valence-corrected chi connectivity index (χ2v) is 10.8. The maximum Gasteiger partial charge on any atom is 0.323 e. The minimum atomic E-state index is -3.44. The molecule has 0 aliphatic rings. The normalized spacial score (nSPS) is 15.1.